The Hall–Kier alpha value is -6.55. The zero-order valence-corrected chi connectivity index (χ0v) is 45.2. The molecule has 2 aromatic heterocycles. The smallest absolute Gasteiger partial charge is 0.351 e. The lowest BCUT2D eigenvalue weighted by Gasteiger charge is -2.32. The van der Waals surface area contributed by atoms with Gasteiger partial charge >= 0.3 is 11.6 Å². The molecule has 8 amide bonds. The van der Waals surface area contributed by atoms with E-state index in [0.29, 0.717) is 41.6 Å². The first-order chi connectivity index (χ1) is 37.0. The van der Waals surface area contributed by atoms with Crippen LogP contribution in [0.25, 0.3) is 10.9 Å². The number of aliphatic hydroxyl groups is 2. The van der Waals surface area contributed by atoms with Crippen LogP contribution in [0.3, 0.4) is 0 Å². The number of alkyl halides is 2. The quantitative estimate of drug-likeness (QED) is 0.0410. The van der Waals surface area contributed by atoms with Crippen molar-refractivity contribution >= 4 is 75.7 Å². The van der Waals surface area contributed by atoms with E-state index in [1.54, 1.807) is 26.1 Å². The molecule has 3 aromatic rings. The average molecular weight is 1120 g/mol. The number of benzene rings is 1. The van der Waals surface area contributed by atoms with E-state index in [9.17, 15) is 62.1 Å². The molecule has 27 heteroatoms. The van der Waals surface area contributed by atoms with Gasteiger partial charge in [0.05, 0.1) is 6.61 Å². The number of nitrogens with one attached hydrogen (secondary N) is 7. The molecule has 78 heavy (non-hydrogen) atoms. The maximum absolute atomic E-state index is 14.7. The Morgan fingerprint density at radius 1 is 0.897 bits per heavy atom. The van der Waals surface area contributed by atoms with E-state index in [0.717, 1.165) is 23.2 Å². The monoisotopic (exact) mass is 1120 g/mol. The largest absolute Gasteiger partial charge is 0.394 e. The fourth-order valence-corrected chi connectivity index (χ4v) is 9.75. The number of carbonyl (C=O) groups is 8. The van der Waals surface area contributed by atoms with Crippen LogP contribution in [0, 0.1) is 11.8 Å². The zero-order chi connectivity index (χ0) is 57.4. The molecule has 2 saturated heterocycles. The predicted octanol–water partition coefficient (Wildman–Crippen LogP) is 0.0564. The number of H-pyrrole nitrogens is 1. The van der Waals surface area contributed by atoms with Gasteiger partial charge in [-0.05, 0) is 93.0 Å². The van der Waals surface area contributed by atoms with Crippen molar-refractivity contribution in [1.29, 1.82) is 0 Å². The number of carbonyl (C=O) groups excluding carboxylic acids is 8. The van der Waals surface area contributed by atoms with Gasteiger partial charge in [-0.15, -0.1) is 0 Å². The van der Waals surface area contributed by atoms with E-state index in [2.05, 4.69) is 41.9 Å². The molecule has 0 unspecified atom stereocenters. The van der Waals surface area contributed by atoms with E-state index >= 15 is 0 Å². The number of hydrogen-bond donors (Lipinski definition) is 11. The molecule has 0 saturated carbocycles. The Bertz CT molecular complexity index is 2660. The number of aromatic nitrogens is 3. The summed E-state index contributed by atoms with van der Waals surface area (Å²) in [5.74, 6) is -9.83. The Balaban J connectivity index is 1.29. The molecular formula is C51H74F2N12O12S. The third-order valence-electron chi connectivity index (χ3n) is 13.5. The van der Waals surface area contributed by atoms with Gasteiger partial charge in [0.1, 0.15) is 48.2 Å². The molecule has 4 heterocycles. The van der Waals surface area contributed by atoms with Crippen LogP contribution < -0.4 is 49.1 Å². The number of nitrogens with two attached hydrogens (primary N) is 2. The Kier molecular flexibility index (Phi) is 23.1. The number of primary amides is 1. The van der Waals surface area contributed by atoms with Gasteiger partial charge in [0.15, 0.2) is 6.10 Å². The molecular weight excluding hydrogens is 1040 g/mol. The number of unbranched alkanes of at least 4 members (excludes halogenated alkanes) is 1. The molecule has 9 atom stereocenters. The standard InChI is InChI=1S/C51H74F2N12O12S/c1-27(2)23-35(48(75)64-20-10-14-36(64)46(73)63-41(28(3)4)47(74)58-32(43(55)70)18-22-78-5)60-44(71)33(13-8-9-19-54)59-45(72)34(24-29-25-56-31-12-7-6-11-30(29)31)57-39(67)15-16-40(68)61-38-17-21-65(50(76)62-38)49-51(52,53)42(69)37(26-66)77-49/h6-7,11-12,17,21,25,27-28,32-37,41-42,49,56,66,69H,8-10,13-16,18-20,22-24,26,54H2,1-5H3,(H2,55,70)(H,57,67)(H,58,74)(H,59,72)(H,60,71)(H,63,73)(H,61,62,68,76)/t32-,33-,34-,35-,36-,37+,41-,42+,49+/m0/s1. The van der Waals surface area contributed by atoms with Crippen LogP contribution in [0.1, 0.15) is 97.3 Å². The highest BCUT2D eigenvalue weighted by molar-refractivity contribution is 7.98. The lowest BCUT2D eigenvalue weighted by molar-refractivity contribution is -0.143. The van der Waals surface area contributed by atoms with E-state index in [1.807, 2.05) is 38.3 Å². The summed E-state index contributed by atoms with van der Waals surface area (Å²) in [5, 5.41) is 35.9. The summed E-state index contributed by atoms with van der Waals surface area (Å²) in [6.07, 6.45) is -0.970. The third kappa shape index (κ3) is 16.5. The van der Waals surface area contributed by atoms with Gasteiger partial charge < -0.3 is 68.2 Å². The summed E-state index contributed by atoms with van der Waals surface area (Å²) in [6.45, 7) is 6.66. The van der Waals surface area contributed by atoms with Gasteiger partial charge in [-0.1, -0.05) is 45.9 Å². The number of ether oxygens (including phenoxy) is 1. The van der Waals surface area contributed by atoms with Gasteiger partial charge in [-0.3, -0.25) is 42.9 Å². The highest BCUT2D eigenvalue weighted by Crippen LogP contribution is 2.42. The Morgan fingerprint density at radius 3 is 2.22 bits per heavy atom. The lowest BCUT2D eigenvalue weighted by Crippen LogP contribution is -2.60. The van der Waals surface area contributed by atoms with Crippen molar-refractivity contribution in [1.82, 2.24) is 46.0 Å². The van der Waals surface area contributed by atoms with Gasteiger partial charge in [-0.2, -0.15) is 25.5 Å². The fraction of sp³-hybridized carbons (Fsp3) is 0.608. The van der Waals surface area contributed by atoms with Crippen molar-refractivity contribution in [3.63, 3.8) is 0 Å². The molecule has 13 N–H and O–H groups in total. The lowest BCUT2D eigenvalue weighted by atomic mass is 9.99. The summed E-state index contributed by atoms with van der Waals surface area (Å²) in [6, 6.07) is 1.50. The molecule has 0 radical (unpaired) electrons. The predicted molar refractivity (Wildman–Crippen MR) is 284 cm³/mol. The van der Waals surface area contributed by atoms with Crippen molar-refractivity contribution in [3.05, 3.63) is 58.8 Å². The van der Waals surface area contributed by atoms with E-state index in [4.69, 9.17) is 16.2 Å². The Labute approximate surface area is 454 Å². The maximum Gasteiger partial charge on any atom is 0.351 e. The van der Waals surface area contributed by atoms with Crippen LogP contribution in [0.2, 0.25) is 0 Å². The molecule has 2 aliphatic rings. The van der Waals surface area contributed by atoms with Crippen LogP contribution in [-0.2, 0) is 49.5 Å². The molecule has 24 nitrogen and oxygen atoms in total. The van der Waals surface area contributed by atoms with Gasteiger partial charge in [0, 0.05) is 49.1 Å². The topological polar surface area (TPSA) is 364 Å². The minimum Gasteiger partial charge on any atom is -0.394 e. The summed E-state index contributed by atoms with van der Waals surface area (Å²) in [7, 11) is 0. The number of nitrogens with zero attached hydrogens (tertiary/aromatic N) is 3. The molecule has 0 spiro atoms. The van der Waals surface area contributed by atoms with Crippen molar-refractivity contribution in [2.24, 2.45) is 23.3 Å². The number of likely N-dealkylation sites (tertiary alicyclic amines) is 1. The summed E-state index contributed by atoms with van der Waals surface area (Å²) < 4.78 is 34.8. The first-order valence-electron chi connectivity index (χ1n) is 26.1. The highest BCUT2D eigenvalue weighted by Gasteiger charge is 2.59. The molecule has 0 aliphatic carbocycles. The van der Waals surface area contributed by atoms with Crippen LogP contribution in [0.5, 0.6) is 0 Å². The SMILES string of the molecule is CSCC[C@H](NC(=O)[C@@H](NC(=O)[C@@H]1CCCN1C(=O)[C@H](CC(C)C)NC(=O)[C@H](CCCCN)NC(=O)[C@H](Cc1c[nH]c2ccccc12)NC(=O)CCC(=O)Nc1ccn([C@@H]2O[C@H](CO)[C@@H](O)C2(F)F)c(=O)n1)C(C)C)C(N)=O. The summed E-state index contributed by atoms with van der Waals surface area (Å²) in [5.41, 5.74) is 11.5. The second-order valence-electron chi connectivity index (χ2n) is 20.3. The van der Waals surface area contributed by atoms with Crippen molar-refractivity contribution in [2.75, 3.05) is 37.0 Å². The van der Waals surface area contributed by atoms with Gasteiger partial charge in [0.25, 0.3) is 0 Å². The van der Waals surface area contributed by atoms with Crippen molar-refractivity contribution < 1.29 is 62.1 Å². The maximum atomic E-state index is 14.7. The summed E-state index contributed by atoms with van der Waals surface area (Å²) in [4.78, 5) is 130. The second-order valence-corrected chi connectivity index (χ2v) is 21.3. The Morgan fingerprint density at radius 2 is 1.58 bits per heavy atom. The first kappa shape index (κ1) is 62.3. The molecule has 5 rings (SSSR count). The second kappa shape index (κ2) is 28.9. The number of fused-ring (bicyclic) bond motifs is 1. The number of aliphatic hydroxyl groups excluding tert-OH is 2. The first-order valence-corrected chi connectivity index (χ1v) is 27.5. The molecule has 0 bridgehead atoms. The molecule has 2 fully saturated rings. The number of hydrogen-bond acceptors (Lipinski definition) is 15. The normalized spacial score (nSPS) is 19.9. The molecule has 1 aromatic carbocycles. The molecule has 2 aliphatic heterocycles. The number of halogens is 2. The third-order valence-corrected chi connectivity index (χ3v) is 14.1. The number of rotatable bonds is 29. The number of anilines is 1. The van der Waals surface area contributed by atoms with Crippen LogP contribution in [-0.4, -0.2) is 163 Å². The van der Waals surface area contributed by atoms with Crippen molar-refractivity contribution in [2.45, 2.75) is 153 Å². The van der Waals surface area contributed by atoms with Gasteiger partial charge in [-0.25, -0.2) is 4.79 Å². The number of para-hydroxylation sites is 1. The highest BCUT2D eigenvalue weighted by atomic mass is 32.2. The molecule has 430 valence electrons. The van der Waals surface area contributed by atoms with Crippen LogP contribution >= 0.6 is 11.8 Å². The van der Waals surface area contributed by atoms with Crippen molar-refractivity contribution in [3.8, 4) is 0 Å². The van der Waals surface area contributed by atoms with Gasteiger partial charge in [0.2, 0.25) is 53.5 Å². The minimum atomic E-state index is -3.97. The van der Waals surface area contributed by atoms with Crippen LogP contribution in [0.15, 0.2) is 47.5 Å². The minimum absolute atomic E-state index is 0.0758. The number of aromatic amines is 1. The fourth-order valence-electron chi connectivity index (χ4n) is 9.28. The van der Waals surface area contributed by atoms with E-state index in [1.165, 1.54) is 16.7 Å². The van der Waals surface area contributed by atoms with Crippen LogP contribution in [0.4, 0.5) is 14.6 Å². The number of thioether (sulfide) groups is 1. The van der Waals surface area contributed by atoms with E-state index < -0.39 is 139 Å². The number of amides is 8. The zero-order valence-electron chi connectivity index (χ0n) is 44.4. The van der Waals surface area contributed by atoms with E-state index in [-0.39, 0.29) is 50.5 Å². The summed E-state index contributed by atoms with van der Waals surface area (Å²) >= 11 is 1.48. The average Bonchev–Trinajstić information content (AvgIpc) is 4.21.